The fourth-order valence-corrected chi connectivity index (χ4v) is 4.19. The molecular weight excluding hydrogens is 464 g/mol. The van der Waals surface area contributed by atoms with E-state index in [0.717, 1.165) is 36.1 Å². The molecule has 0 fully saturated rings. The molecule has 196 valence electrons. The Bertz CT molecular complexity index is 1120. The summed E-state index contributed by atoms with van der Waals surface area (Å²) in [5, 5.41) is 12.3. The van der Waals surface area contributed by atoms with Gasteiger partial charge in [-0.2, -0.15) is 0 Å². The van der Waals surface area contributed by atoms with Gasteiger partial charge in [-0.05, 0) is 73.5 Å². The summed E-state index contributed by atoms with van der Waals surface area (Å²) in [4.78, 5) is 26.1. The quantitative estimate of drug-likeness (QED) is 0.278. The molecule has 1 unspecified atom stereocenters. The van der Waals surface area contributed by atoms with Crippen molar-refractivity contribution in [3.63, 3.8) is 0 Å². The summed E-state index contributed by atoms with van der Waals surface area (Å²) >= 11 is 0. The molecule has 6 heteroatoms. The maximum Gasteiger partial charge on any atom is 0.306 e. The third kappa shape index (κ3) is 9.07. The van der Waals surface area contributed by atoms with Gasteiger partial charge in [0.15, 0.2) is 0 Å². The van der Waals surface area contributed by atoms with Crippen molar-refractivity contribution >= 4 is 11.9 Å². The number of carboxylic acid groups (broad SMARTS) is 1. The Morgan fingerprint density at radius 1 is 0.892 bits per heavy atom. The van der Waals surface area contributed by atoms with Crippen molar-refractivity contribution in [2.45, 2.75) is 39.2 Å². The van der Waals surface area contributed by atoms with Crippen molar-refractivity contribution in [1.82, 2.24) is 10.2 Å². The summed E-state index contributed by atoms with van der Waals surface area (Å²) in [6.45, 7) is 3.70. The van der Waals surface area contributed by atoms with E-state index >= 15 is 0 Å². The van der Waals surface area contributed by atoms with E-state index in [1.807, 2.05) is 48.5 Å². The van der Waals surface area contributed by atoms with E-state index in [4.69, 9.17) is 4.74 Å². The van der Waals surface area contributed by atoms with E-state index in [0.29, 0.717) is 37.3 Å². The second kappa shape index (κ2) is 14.2. The number of ether oxygens (including phenoxy) is 1. The first-order chi connectivity index (χ1) is 17.9. The molecule has 0 saturated heterocycles. The molecule has 0 heterocycles. The summed E-state index contributed by atoms with van der Waals surface area (Å²) in [6.07, 6.45) is 3.12. The summed E-state index contributed by atoms with van der Waals surface area (Å²) in [5.74, 6) is -0.545. The fraction of sp³-hybridized carbons (Fsp3) is 0.355. The van der Waals surface area contributed by atoms with Crippen molar-refractivity contribution in [2.24, 2.45) is 5.92 Å². The Morgan fingerprint density at radius 3 is 2.05 bits per heavy atom. The van der Waals surface area contributed by atoms with Crippen LogP contribution in [0.1, 0.15) is 47.7 Å². The molecule has 0 bridgehead atoms. The zero-order valence-electron chi connectivity index (χ0n) is 22.1. The second-order valence-corrected chi connectivity index (χ2v) is 9.64. The highest BCUT2D eigenvalue weighted by atomic mass is 16.5. The van der Waals surface area contributed by atoms with Crippen LogP contribution in [0, 0.1) is 5.92 Å². The van der Waals surface area contributed by atoms with Crippen molar-refractivity contribution in [2.75, 3.05) is 27.2 Å². The van der Waals surface area contributed by atoms with E-state index < -0.39 is 5.97 Å². The molecule has 2 N–H and O–H groups in total. The SMILES string of the molecule is CCCCC(Cc1ccc(OCCNC(=O)c2ccc(-c3ccc(CN(C)C)cc3)cc2)cc1)C(=O)O. The number of amides is 1. The molecule has 3 aromatic carbocycles. The number of carbonyl (C=O) groups excluding carboxylic acids is 1. The Kier molecular flexibility index (Phi) is 10.7. The fourth-order valence-electron chi connectivity index (χ4n) is 4.19. The molecule has 1 amide bonds. The van der Waals surface area contributed by atoms with Crippen LogP contribution in [0.2, 0.25) is 0 Å². The predicted octanol–water partition coefficient (Wildman–Crippen LogP) is 5.66. The van der Waals surface area contributed by atoms with Gasteiger partial charge >= 0.3 is 5.97 Å². The van der Waals surface area contributed by atoms with Gasteiger partial charge in [0.25, 0.3) is 5.91 Å². The average Bonchev–Trinajstić information content (AvgIpc) is 2.89. The van der Waals surface area contributed by atoms with E-state index in [-0.39, 0.29) is 11.8 Å². The van der Waals surface area contributed by atoms with Crippen LogP contribution in [0.4, 0.5) is 0 Å². The van der Waals surface area contributed by atoms with Crippen LogP contribution in [-0.4, -0.2) is 49.1 Å². The Hall–Kier alpha value is -3.64. The molecule has 0 aromatic heterocycles. The molecule has 37 heavy (non-hydrogen) atoms. The minimum atomic E-state index is -0.742. The number of nitrogens with one attached hydrogen (secondary N) is 1. The third-order valence-electron chi connectivity index (χ3n) is 6.25. The number of hydrogen-bond donors (Lipinski definition) is 2. The van der Waals surface area contributed by atoms with Crippen LogP contribution in [0.25, 0.3) is 11.1 Å². The number of unbranched alkanes of at least 4 members (excludes halogenated alkanes) is 1. The Labute approximate surface area is 220 Å². The molecule has 0 aliphatic heterocycles. The molecule has 0 saturated carbocycles. The predicted molar refractivity (Wildman–Crippen MR) is 148 cm³/mol. The maximum atomic E-state index is 12.5. The smallest absolute Gasteiger partial charge is 0.306 e. The van der Waals surface area contributed by atoms with Crippen LogP contribution in [0.3, 0.4) is 0 Å². The Balaban J connectivity index is 1.43. The number of hydrogen-bond acceptors (Lipinski definition) is 4. The standard InChI is InChI=1S/C31H38N2O4/c1-4-5-6-28(31(35)36)21-23-9-17-29(18-10-23)37-20-19-32-30(34)27-15-13-26(14-16-27)25-11-7-24(8-12-25)22-33(2)3/h7-18,28H,4-6,19-22H2,1-3H3,(H,32,34)(H,35,36). The van der Waals surface area contributed by atoms with Crippen molar-refractivity contribution in [3.8, 4) is 16.9 Å². The van der Waals surface area contributed by atoms with Gasteiger partial charge in [-0.3, -0.25) is 9.59 Å². The van der Waals surface area contributed by atoms with E-state index in [1.165, 1.54) is 5.56 Å². The zero-order valence-corrected chi connectivity index (χ0v) is 22.1. The molecule has 0 aliphatic rings. The van der Waals surface area contributed by atoms with Gasteiger partial charge in [0, 0.05) is 12.1 Å². The molecule has 0 aliphatic carbocycles. The number of nitrogens with zero attached hydrogens (tertiary/aromatic N) is 1. The molecule has 0 spiro atoms. The Morgan fingerprint density at radius 2 is 1.49 bits per heavy atom. The van der Waals surface area contributed by atoms with Crippen LogP contribution in [0.5, 0.6) is 5.75 Å². The number of rotatable bonds is 14. The molecule has 0 radical (unpaired) electrons. The first kappa shape index (κ1) is 27.9. The van der Waals surface area contributed by atoms with Gasteiger partial charge in [-0.1, -0.05) is 68.3 Å². The number of aliphatic carboxylic acids is 1. The molecular formula is C31H38N2O4. The first-order valence-electron chi connectivity index (χ1n) is 12.9. The van der Waals surface area contributed by atoms with E-state index in [1.54, 1.807) is 0 Å². The van der Waals surface area contributed by atoms with Crippen molar-refractivity contribution in [1.29, 1.82) is 0 Å². The zero-order chi connectivity index (χ0) is 26.6. The van der Waals surface area contributed by atoms with Crippen LogP contribution >= 0.6 is 0 Å². The molecule has 3 rings (SSSR count). The molecule has 6 nitrogen and oxygen atoms in total. The largest absolute Gasteiger partial charge is 0.492 e. The minimum absolute atomic E-state index is 0.140. The van der Waals surface area contributed by atoms with E-state index in [2.05, 4.69) is 55.5 Å². The highest BCUT2D eigenvalue weighted by molar-refractivity contribution is 5.94. The summed E-state index contributed by atoms with van der Waals surface area (Å²) in [5.41, 5.74) is 5.04. The lowest BCUT2D eigenvalue weighted by Crippen LogP contribution is -2.28. The molecule has 3 aromatic rings. The van der Waals surface area contributed by atoms with Gasteiger partial charge in [-0.25, -0.2) is 0 Å². The second-order valence-electron chi connectivity index (χ2n) is 9.64. The normalized spacial score (nSPS) is 11.8. The van der Waals surface area contributed by atoms with Crippen LogP contribution < -0.4 is 10.1 Å². The summed E-state index contributed by atoms with van der Waals surface area (Å²) in [7, 11) is 4.10. The average molecular weight is 503 g/mol. The summed E-state index contributed by atoms with van der Waals surface area (Å²) in [6, 6.07) is 23.6. The maximum absolute atomic E-state index is 12.5. The van der Waals surface area contributed by atoms with Crippen molar-refractivity contribution < 1.29 is 19.4 Å². The van der Waals surface area contributed by atoms with Gasteiger partial charge in [0.2, 0.25) is 0 Å². The molecule has 1 atom stereocenters. The van der Waals surface area contributed by atoms with Gasteiger partial charge in [-0.15, -0.1) is 0 Å². The lowest BCUT2D eigenvalue weighted by atomic mass is 9.94. The highest BCUT2D eigenvalue weighted by Gasteiger charge is 2.17. The number of carbonyl (C=O) groups is 2. The van der Waals surface area contributed by atoms with Crippen molar-refractivity contribution in [3.05, 3.63) is 89.5 Å². The third-order valence-corrected chi connectivity index (χ3v) is 6.25. The monoisotopic (exact) mass is 502 g/mol. The van der Waals surface area contributed by atoms with Gasteiger partial charge in [0.05, 0.1) is 12.5 Å². The lowest BCUT2D eigenvalue weighted by Gasteiger charge is -2.13. The first-order valence-corrected chi connectivity index (χ1v) is 12.9. The topological polar surface area (TPSA) is 78.9 Å². The lowest BCUT2D eigenvalue weighted by molar-refractivity contribution is -0.142. The summed E-state index contributed by atoms with van der Waals surface area (Å²) < 4.78 is 5.74. The highest BCUT2D eigenvalue weighted by Crippen LogP contribution is 2.21. The van der Waals surface area contributed by atoms with E-state index in [9.17, 15) is 14.7 Å². The van der Waals surface area contributed by atoms with Crippen LogP contribution in [0.15, 0.2) is 72.8 Å². The van der Waals surface area contributed by atoms with Gasteiger partial charge in [0.1, 0.15) is 12.4 Å². The minimum Gasteiger partial charge on any atom is -0.492 e. The van der Waals surface area contributed by atoms with Gasteiger partial charge < -0.3 is 20.1 Å². The van der Waals surface area contributed by atoms with Crippen LogP contribution in [-0.2, 0) is 17.8 Å². The number of carboxylic acids is 1. The number of benzene rings is 3.